The molecule has 0 aliphatic carbocycles. The van der Waals surface area contributed by atoms with Gasteiger partial charge >= 0.3 is 0 Å². The van der Waals surface area contributed by atoms with Crippen LogP contribution in [0.2, 0.25) is 0 Å². The topological polar surface area (TPSA) is 24.9 Å². The Kier molecular flexibility index (Phi) is 2.68. The Balaban J connectivity index is 2.36. The molecule has 14 heavy (non-hydrogen) atoms. The number of hydrogen-bond donors (Lipinski definition) is 1. The summed E-state index contributed by atoms with van der Waals surface area (Å²) in [6, 6.07) is 6.31. The molecule has 0 bridgehead atoms. The first-order valence-electron chi connectivity index (χ1n) is 4.91. The van der Waals surface area contributed by atoms with Gasteiger partial charge in [-0.25, -0.2) is 4.98 Å². The van der Waals surface area contributed by atoms with Crippen LogP contribution < -0.4 is 5.32 Å². The van der Waals surface area contributed by atoms with Crippen molar-refractivity contribution in [2.24, 2.45) is 0 Å². The van der Waals surface area contributed by atoms with E-state index in [-0.39, 0.29) is 0 Å². The van der Waals surface area contributed by atoms with E-state index in [1.54, 1.807) is 11.3 Å². The number of aromatic nitrogens is 1. The number of aryl methyl sites for hydroxylation is 1. The van der Waals surface area contributed by atoms with Gasteiger partial charge < -0.3 is 5.32 Å². The van der Waals surface area contributed by atoms with Crippen molar-refractivity contribution in [2.75, 3.05) is 11.9 Å². The van der Waals surface area contributed by atoms with Gasteiger partial charge in [-0.2, -0.15) is 0 Å². The highest BCUT2D eigenvalue weighted by Crippen LogP contribution is 2.27. The molecule has 0 atom stereocenters. The molecule has 1 aromatic carbocycles. The van der Waals surface area contributed by atoms with Gasteiger partial charge in [-0.3, -0.25) is 0 Å². The number of hydrogen-bond acceptors (Lipinski definition) is 3. The van der Waals surface area contributed by atoms with Crippen molar-refractivity contribution in [1.82, 2.24) is 4.98 Å². The highest BCUT2D eigenvalue weighted by atomic mass is 32.1. The minimum Gasteiger partial charge on any atom is -0.361 e. The normalized spacial score (nSPS) is 10.7. The van der Waals surface area contributed by atoms with E-state index >= 15 is 0 Å². The maximum absolute atomic E-state index is 4.56. The molecule has 2 aromatic rings. The lowest BCUT2D eigenvalue weighted by atomic mass is 10.2. The van der Waals surface area contributed by atoms with Gasteiger partial charge in [-0.05, 0) is 25.0 Å². The van der Waals surface area contributed by atoms with Crippen molar-refractivity contribution in [3.8, 4) is 0 Å². The maximum atomic E-state index is 4.56. The van der Waals surface area contributed by atoms with Crippen molar-refractivity contribution >= 4 is 26.7 Å². The smallest absolute Gasteiger partial charge is 0.183 e. The van der Waals surface area contributed by atoms with E-state index in [9.17, 15) is 0 Å². The summed E-state index contributed by atoms with van der Waals surface area (Å²) in [4.78, 5) is 4.56. The van der Waals surface area contributed by atoms with Crippen molar-refractivity contribution in [3.05, 3.63) is 23.8 Å². The van der Waals surface area contributed by atoms with E-state index in [0.29, 0.717) is 0 Å². The molecule has 74 valence electrons. The predicted octanol–water partition coefficient (Wildman–Crippen LogP) is 3.43. The fourth-order valence-corrected chi connectivity index (χ4v) is 2.36. The lowest BCUT2D eigenvalue weighted by molar-refractivity contribution is 0.977. The zero-order chi connectivity index (χ0) is 9.97. The number of thiazole rings is 1. The molecule has 3 heteroatoms. The van der Waals surface area contributed by atoms with E-state index in [0.717, 1.165) is 23.6 Å². The van der Waals surface area contributed by atoms with Crippen molar-refractivity contribution in [3.63, 3.8) is 0 Å². The molecule has 2 nitrogen and oxygen atoms in total. The van der Waals surface area contributed by atoms with Gasteiger partial charge in [0, 0.05) is 6.54 Å². The van der Waals surface area contributed by atoms with Crippen LogP contribution >= 0.6 is 11.3 Å². The second-order valence-electron chi connectivity index (χ2n) is 3.37. The Morgan fingerprint density at radius 3 is 3.00 bits per heavy atom. The third kappa shape index (κ3) is 1.73. The van der Waals surface area contributed by atoms with E-state index < -0.39 is 0 Å². The van der Waals surface area contributed by atoms with Crippen LogP contribution in [0.4, 0.5) is 5.13 Å². The molecule has 0 aliphatic rings. The molecule has 1 heterocycles. The first kappa shape index (κ1) is 9.46. The SMILES string of the molecule is CCCNc1nc2c(C)cccc2s1. The molecule has 0 saturated heterocycles. The lowest BCUT2D eigenvalue weighted by Gasteiger charge is -1.96. The third-order valence-electron chi connectivity index (χ3n) is 2.15. The van der Waals surface area contributed by atoms with Gasteiger partial charge in [-0.15, -0.1) is 0 Å². The molecule has 0 radical (unpaired) electrons. The van der Waals surface area contributed by atoms with Gasteiger partial charge in [0.15, 0.2) is 5.13 Å². The average Bonchev–Trinajstić information content (AvgIpc) is 2.59. The van der Waals surface area contributed by atoms with Crippen LogP contribution in [0, 0.1) is 6.92 Å². The van der Waals surface area contributed by atoms with Crippen molar-refractivity contribution in [1.29, 1.82) is 0 Å². The second kappa shape index (κ2) is 3.96. The van der Waals surface area contributed by atoms with Crippen LogP contribution in [0.5, 0.6) is 0 Å². The molecule has 0 amide bonds. The van der Waals surface area contributed by atoms with Crippen LogP contribution in [-0.2, 0) is 0 Å². The Hall–Kier alpha value is -1.09. The summed E-state index contributed by atoms with van der Waals surface area (Å²) < 4.78 is 1.27. The molecule has 0 fully saturated rings. The molecule has 0 unspecified atom stereocenters. The third-order valence-corrected chi connectivity index (χ3v) is 3.13. The highest BCUT2D eigenvalue weighted by molar-refractivity contribution is 7.22. The summed E-state index contributed by atoms with van der Waals surface area (Å²) in [5.41, 5.74) is 2.39. The summed E-state index contributed by atoms with van der Waals surface area (Å²) >= 11 is 1.73. The fourth-order valence-electron chi connectivity index (χ4n) is 1.39. The quantitative estimate of drug-likeness (QED) is 0.832. The molecule has 2 rings (SSSR count). The summed E-state index contributed by atoms with van der Waals surface area (Å²) in [5, 5.41) is 4.36. The van der Waals surface area contributed by atoms with Crippen LogP contribution in [0.25, 0.3) is 10.2 Å². The van der Waals surface area contributed by atoms with Gasteiger partial charge in [0.2, 0.25) is 0 Å². The Morgan fingerprint density at radius 2 is 2.29 bits per heavy atom. The minimum absolute atomic E-state index is 0.999. The molecule has 0 saturated carbocycles. The first-order chi connectivity index (χ1) is 6.81. The summed E-state index contributed by atoms with van der Waals surface area (Å²) in [7, 11) is 0. The zero-order valence-electron chi connectivity index (χ0n) is 8.50. The highest BCUT2D eigenvalue weighted by Gasteiger charge is 2.03. The number of nitrogens with one attached hydrogen (secondary N) is 1. The molecular weight excluding hydrogens is 192 g/mol. The molecule has 1 aromatic heterocycles. The summed E-state index contributed by atoms with van der Waals surface area (Å²) in [5.74, 6) is 0. The molecule has 1 N–H and O–H groups in total. The first-order valence-corrected chi connectivity index (χ1v) is 5.73. The summed E-state index contributed by atoms with van der Waals surface area (Å²) in [6.45, 7) is 5.26. The van der Waals surface area contributed by atoms with Gasteiger partial charge in [0.1, 0.15) is 0 Å². The van der Waals surface area contributed by atoms with E-state index in [2.05, 4.69) is 42.3 Å². The molecule has 0 spiro atoms. The monoisotopic (exact) mass is 206 g/mol. The van der Waals surface area contributed by atoms with Gasteiger partial charge in [-0.1, -0.05) is 30.4 Å². The van der Waals surface area contributed by atoms with E-state index in [4.69, 9.17) is 0 Å². The maximum Gasteiger partial charge on any atom is 0.183 e. The van der Waals surface area contributed by atoms with Crippen molar-refractivity contribution < 1.29 is 0 Å². The fraction of sp³-hybridized carbons (Fsp3) is 0.364. The number of fused-ring (bicyclic) bond motifs is 1. The number of para-hydroxylation sites is 1. The number of benzene rings is 1. The van der Waals surface area contributed by atoms with Crippen molar-refractivity contribution in [2.45, 2.75) is 20.3 Å². The van der Waals surface area contributed by atoms with E-state index in [1.165, 1.54) is 10.3 Å². The Labute approximate surface area is 88.0 Å². The molecule has 0 aliphatic heterocycles. The van der Waals surface area contributed by atoms with Crippen LogP contribution in [0.3, 0.4) is 0 Å². The van der Waals surface area contributed by atoms with E-state index in [1.807, 2.05) is 0 Å². The van der Waals surface area contributed by atoms with Gasteiger partial charge in [0.25, 0.3) is 0 Å². The predicted molar refractivity (Wildman–Crippen MR) is 63.1 cm³/mol. The minimum atomic E-state index is 0.999. The second-order valence-corrected chi connectivity index (χ2v) is 4.40. The Morgan fingerprint density at radius 1 is 1.43 bits per heavy atom. The number of anilines is 1. The largest absolute Gasteiger partial charge is 0.361 e. The standard InChI is InChI=1S/C11H14N2S/c1-3-7-12-11-13-10-8(2)5-4-6-9(10)14-11/h4-6H,3,7H2,1-2H3,(H,12,13). The Bertz CT molecular complexity index is 434. The average molecular weight is 206 g/mol. The molecular formula is C11H14N2S. The van der Waals surface area contributed by atoms with Gasteiger partial charge in [0.05, 0.1) is 10.2 Å². The number of rotatable bonds is 3. The van der Waals surface area contributed by atoms with Crippen LogP contribution in [0.15, 0.2) is 18.2 Å². The van der Waals surface area contributed by atoms with Crippen LogP contribution in [0.1, 0.15) is 18.9 Å². The zero-order valence-corrected chi connectivity index (χ0v) is 9.32. The number of nitrogens with zero attached hydrogens (tertiary/aromatic N) is 1. The lowest BCUT2D eigenvalue weighted by Crippen LogP contribution is -1.98. The summed E-state index contributed by atoms with van der Waals surface area (Å²) in [6.07, 6.45) is 1.13. The van der Waals surface area contributed by atoms with Crippen LogP contribution in [-0.4, -0.2) is 11.5 Å².